The van der Waals surface area contributed by atoms with Gasteiger partial charge >= 0.3 is 0 Å². The molecule has 0 spiro atoms. The van der Waals surface area contributed by atoms with Crippen molar-refractivity contribution < 1.29 is 9.47 Å². The van der Waals surface area contributed by atoms with Crippen LogP contribution in [0.5, 0.6) is 0 Å². The van der Waals surface area contributed by atoms with Crippen molar-refractivity contribution in [2.75, 3.05) is 19.8 Å². The second kappa shape index (κ2) is 5.83. The number of ether oxygens (including phenoxy) is 2. The number of rotatable bonds is 3. The van der Waals surface area contributed by atoms with Gasteiger partial charge in [0.25, 0.3) is 0 Å². The lowest BCUT2D eigenvalue weighted by molar-refractivity contribution is -0.0243. The second-order valence-corrected chi connectivity index (χ2v) is 4.93. The maximum Gasteiger partial charge on any atom is 0.0576 e. The van der Waals surface area contributed by atoms with Gasteiger partial charge in [0.1, 0.15) is 0 Å². The number of nitrogens with two attached hydrogens (primary N) is 1. The van der Waals surface area contributed by atoms with Crippen LogP contribution in [0, 0.1) is 5.92 Å². The van der Waals surface area contributed by atoms with E-state index in [0.29, 0.717) is 12.1 Å². The van der Waals surface area contributed by atoms with E-state index in [-0.39, 0.29) is 0 Å². The molecular weight excluding hydrogens is 190 g/mol. The third-order valence-corrected chi connectivity index (χ3v) is 3.63. The Balaban J connectivity index is 1.60. The van der Waals surface area contributed by atoms with E-state index in [1.54, 1.807) is 0 Å². The van der Waals surface area contributed by atoms with Gasteiger partial charge in [-0.2, -0.15) is 0 Å². The normalized spacial score (nSPS) is 34.2. The molecule has 0 radical (unpaired) electrons. The highest BCUT2D eigenvalue weighted by molar-refractivity contribution is 4.75. The SMILES string of the molecule is NC1CCC(OCC2CCOCC2)CC1. The van der Waals surface area contributed by atoms with E-state index >= 15 is 0 Å². The van der Waals surface area contributed by atoms with Gasteiger partial charge in [0.2, 0.25) is 0 Å². The van der Waals surface area contributed by atoms with Crippen molar-refractivity contribution >= 4 is 0 Å². The summed E-state index contributed by atoms with van der Waals surface area (Å²) in [4.78, 5) is 0. The first-order chi connectivity index (χ1) is 7.34. The summed E-state index contributed by atoms with van der Waals surface area (Å²) < 4.78 is 11.3. The molecule has 0 amide bonds. The Morgan fingerprint density at radius 2 is 1.67 bits per heavy atom. The molecule has 0 bridgehead atoms. The molecule has 0 aromatic heterocycles. The lowest BCUT2D eigenvalue weighted by Crippen LogP contribution is -2.31. The summed E-state index contributed by atoms with van der Waals surface area (Å²) in [7, 11) is 0. The van der Waals surface area contributed by atoms with Crippen LogP contribution in [0.3, 0.4) is 0 Å². The first-order valence-electron chi connectivity index (χ1n) is 6.29. The van der Waals surface area contributed by atoms with Gasteiger partial charge in [0, 0.05) is 25.9 Å². The molecule has 0 aromatic carbocycles. The quantitative estimate of drug-likeness (QED) is 0.776. The zero-order valence-corrected chi connectivity index (χ0v) is 9.49. The van der Waals surface area contributed by atoms with Crippen LogP contribution in [0.4, 0.5) is 0 Å². The van der Waals surface area contributed by atoms with Crippen molar-refractivity contribution in [3.63, 3.8) is 0 Å². The highest BCUT2D eigenvalue weighted by Gasteiger charge is 2.21. The Bertz CT molecular complexity index is 172. The fourth-order valence-corrected chi connectivity index (χ4v) is 2.44. The first-order valence-corrected chi connectivity index (χ1v) is 6.29. The smallest absolute Gasteiger partial charge is 0.0576 e. The minimum absolute atomic E-state index is 0.424. The minimum atomic E-state index is 0.424. The summed E-state index contributed by atoms with van der Waals surface area (Å²) in [6.07, 6.45) is 7.41. The van der Waals surface area contributed by atoms with Crippen LogP contribution in [-0.4, -0.2) is 32.0 Å². The first kappa shape index (κ1) is 11.4. The zero-order chi connectivity index (χ0) is 10.5. The molecule has 1 aliphatic heterocycles. The van der Waals surface area contributed by atoms with Crippen molar-refractivity contribution in [1.82, 2.24) is 0 Å². The number of hydrogen-bond donors (Lipinski definition) is 1. The molecular formula is C12H23NO2. The van der Waals surface area contributed by atoms with Crippen molar-refractivity contribution in [2.45, 2.75) is 50.7 Å². The fraction of sp³-hybridized carbons (Fsp3) is 1.00. The number of hydrogen-bond acceptors (Lipinski definition) is 3. The Morgan fingerprint density at radius 3 is 2.33 bits per heavy atom. The summed E-state index contributed by atoms with van der Waals surface area (Å²) in [5.74, 6) is 0.731. The third kappa shape index (κ3) is 3.74. The van der Waals surface area contributed by atoms with E-state index in [9.17, 15) is 0 Å². The molecule has 2 fully saturated rings. The molecule has 3 heteroatoms. The average molecular weight is 213 g/mol. The van der Waals surface area contributed by atoms with Gasteiger partial charge < -0.3 is 15.2 Å². The predicted molar refractivity (Wildman–Crippen MR) is 59.7 cm³/mol. The second-order valence-electron chi connectivity index (χ2n) is 4.93. The standard InChI is InChI=1S/C12H23NO2/c13-11-1-3-12(4-2-11)15-9-10-5-7-14-8-6-10/h10-12H,1-9,13H2. The van der Waals surface area contributed by atoms with Gasteiger partial charge in [-0.05, 0) is 44.4 Å². The van der Waals surface area contributed by atoms with E-state index < -0.39 is 0 Å². The highest BCUT2D eigenvalue weighted by Crippen LogP contribution is 2.22. The Labute approximate surface area is 92.3 Å². The van der Waals surface area contributed by atoms with Crippen LogP contribution in [0.2, 0.25) is 0 Å². The Morgan fingerprint density at radius 1 is 1.00 bits per heavy atom. The molecule has 1 saturated carbocycles. The van der Waals surface area contributed by atoms with Crippen molar-refractivity contribution in [1.29, 1.82) is 0 Å². The monoisotopic (exact) mass is 213 g/mol. The molecule has 3 nitrogen and oxygen atoms in total. The van der Waals surface area contributed by atoms with Gasteiger partial charge in [-0.3, -0.25) is 0 Å². The largest absolute Gasteiger partial charge is 0.381 e. The van der Waals surface area contributed by atoms with Gasteiger partial charge in [0.05, 0.1) is 6.10 Å². The highest BCUT2D eigenvalue weighted by atomic mass is 16.5. The van der Waals surface area contributed by atoms with E-state index in [1.807, 2.05) is 0 Å². The third-order valence-electron chi connectivity index (χ3n) is 3.63. The maximum absolute atomic E-state index is 5.96. The summed E-state index contributed by atoms with van der Waals surface area (Å²) >= 11 is 0. The summed E-state index contributed by atoms with van der Waals surface area (Å²) in [5, 5.41) is 0. The summed E-state index contributed by atoms with van der Waals surface area (Å²) in [5.41, 5.74) is 5.86. The maximum atomic E-state index is 5.96. The van der Waals surface area contributed by atoms with Crippen LogP contribution in [0.15, 0.2) is 0 Å². The van der Waals surface area contributed by atoms with Gasteiger partial charge in [-0.1, -0.05) is 0 Å². The lowest BCUT2D eigenvalue weighted by atomic mass is 9.93. The van der Waals surface area contributed by atoms with Crippen molar-refractivity contribution in [3.8, 4) is 0 Å². The van der Waals surface area contributed by atoms with Crippen LogP contribution < -0.4 is 5.73 Å². The van der Waals surface area contributed by atoms with Crippen LogP contribution in [-0.2, 0) is 9.47 Å². The van der Waals surface area contributed by atoms with Gasteiger partial charge in [-0.25, -0.2) is 0 Å². The van der Waals surface area contributed by atoms with Crippen molar-refractivity contribution in [2.24, 2.45) is 11.7 Å². The molecule has 2 N–H and O–H groups in total. The molecule has 1 aliphatic carbocycles. The Hall–Kier alpha value is -0.120. The molecule has 15 heavy (non-hydrogen) atoms. The van der Waals surface area contributed by atoms with Crippen LogP contribution in [0.1, 0.15) is 38.5 Å². The molecule has 1 heterocycles. The summed E-state index contributed by atoms with van der Waals surface area (Å²) in [6, 6.07) is 0.424. The van der Waals surface area contributed by atoms with E-state index in [1.165, 1.54) is 12.8 Å². The summed E-state index contributed by atoms with van der Waals surface area (Å²) in [6.45, 7) is 2.77. The molecule has 2 aliphatic rings. The van der Waals surface area contributed by atoms with Gasteiger partial charge in [-0.15, -0.1) is 0 Å². The molecule has 0 aromatic rings. The van der Waals surface area contributed by atoms with Crippen LogP contribution in [0.25, 0.3) is 0 Å². The predicted octanol–water partition coefficient (Wildman–Crippen LogP) is 1.70. The zero-order valence-electron chi connectivity index (χ0n) is 9.49. The molecule has 88 valence electrons. The van der Waals surface area contributed by atoms with Gasteiger partial charge in [0.15, 0.2) is 0 Å². The fourth-order valence-electron chi connectivity index (χ4n) is 2.44. The minimum Gasteiger partial charge on any atom is -0.381 e. The molecule has 1 saturated heterocycles. The van der Waals surface area contributed by atoms with E-state index in [0.717, 1.165) is 51.4 Å². The molecule has 0 atom stereocenters. The van der Waals surface area contributed by atoms with Crippen LogP contribution >= 0.6 is 0 Å². The average Bonchev–Trinajstić information content (AvgIpc) is 2.30. The van der Waals surface area contributed by atoms with Crippen molar-refractivity contribution in [3.05, 3.63) is 0 Å². The lowest BCUT2D eigenvalue weighted by Gasteiger charge is -2.29. The Kier molecular flexibility index (Phi) is 4.42. The van der Waals surface area contributed by atoms with E-state index in [4.69, 9.17) is 15.2 Å². The topological polar surface area (TPSA) is 44.5 Å². The molecule has 2 rings (SSSR count). The van der Waals surface area contributed by atoms with E-state index in [2.05, 4.69) is 0 Å². The molecule has 0 unspecified atom stereocenters.